The molecule has 152 valence electrons. The number of rotatable bonds is 4. The third-order valence-electron chi connectivity index (χ3n) is 6.49. The molecule has 1 aliphatic heterocycles. The van der Waals surface area contributed by atoms with Gasteiger partial charge >= 0.3 is 0 Å². The molecule has 4 heteroatoms. The Morgan fingerprint density at radius 3 is 2.34 bits per heavy atom. The number of amides is 2. The van der Waals surface area contributed by atoms with E-state index in [2.05, 4.69) is 4.90 Å². The van der Waals surface area contributed by atoms with Crippen LogP contribution in [0.25, 0.3) is 0 Å². The molecule has 0 aromatic heterocycles. The molecule has 2 atom stereocenters. The second-order valence-corrected chi connectivity index (χ2v) is 8.48. The molecule has 2 aromatic rings. The van der Waals surface area contributed by atoms with Gasteiger partial charge in [0.1, 0.15) is 0 Å². The van der Waals surface area contributed by atoms with E-state index in [1.807, 2.05) is 61.6 Å². The van der Waals surface area contributed by atoms with Gasteiger partial charge in [0.25, 0.3) is 11.8 Å². The fourth-order valence-electron chi connectivity index (χ4n) is 4.94. The van der Waals surface area contributed by atoms with Gasteiger partial charge in [-0.15, -0.1) is 0 Å². The lowest BCUT2D eigenvalue weighted by atomic mass is 9.78. The molecular formula is C25H30N2O2. The van der Waals surface area contributed by atoms with E-state index in [4.69, 9.17) is 0 Å². The highest BCUT2D eigenvalue weighted by molar-refractivity contribution is 5.95. The van der Waals surface area contributed by atoms with Crippen LogP contribution in [0.5, 0.6) is 0 Å². The van der Waals surface area contributed by atoms with Crippen molar-refractivity contribution in [3.63, 3.8) is 0 Å². The lowest BCUT2D eigenvalue weighted by Crippen LogP contribution is -2.49. The smallest absolute Gasteiger partial charge is 0.254 e. The fraction of sp³-hybridized carbons (Fsp3) is 0.440. The molecule has 2 aliphatic rings. The quantitative estimate of drug-likeness (QED) is 0.756. The second-order valence-electron chi connectivity index (χ2n) is 8.48. The molecule has 1 heterocycles. The number of nitrogens with zero attached hydrogens (tertiary/aromatic N) is 2. The van der Waals surface area contributed by atoms with Gasteiger partial charge in [0.2, 0.25) is 0 Å². The first kappa shape index (κ1) is 19.7. The minimum atomic E-state index is 0.00223. The maximum absolute atomic E-state index is 13.1. The summed E-state index contributed by atoms with van der Waals surface area (Å²) in [4.78, 5) is 29.5. The van der Waals surface area contributed by atoms with E-state index in [1.165, 1.54) is 25.7 Å². The van der Waals surface area contributed by atoms with Crippen LogP contribution in [0.3, 0.4) is 0 Å². The Hall–Kier alpha value is -2.62. The minimum absolute atomic E-state index is 0.00223. The fourth-order valence-corrected chi connectivity index (χ4v) is 4.94. The standard InChI is InChI=1S/C25H30N2O2/c1-26(24(28)21-9-3-2-4-10-21)18-19-13-15-22(16-14-19)25(29)27-17-7-11-20-8-5-6-12-23(20)27/h2-4,9-10,13-16,20,23H,5-8,11-12,17-18H2,1H3. The molecule has 2 aromatic carbocycles. The summed E-state index contributed by atoms with van der Waals surface area (Å²) >= 11 is 0. The van der Waals surface area contributed by atoms with Crippen LogP contribution in [0.4, 0.5) is 0 Å². The van der Waals surface area contributed by atoms with Crippen LogP contribution in [0.1, 0.15) is 64.8 Å². The Balaban J connectivity index is 1.41. The van der Waals surface area contributed by atoms with E-state index < -0.39 is 0 Å². The Bertz CT molecular complexity index is 845. The second kappa shape index (κ2) is 8.81. The normalized spacial score (nSPS) is 21.3. The summed E-state index contributed by atoms with van der Waals surface area (Å²) < 4.78 is 0. The van der Waals surface area contributed by atoms with Gasteiger partial charge in [0.05, 0.1) is 0 Å². The number of hydrogen-bond donors (Lipinski definition) is 0. The van der Waals surface area contributed by atoms with E-state index in [1.54, 1.807) is 4.90 Å². The summed E-state index contributed by atoms with van der Waals surface area (Å²) in [6.07, 6.45) is 7.38. The molecule has 2 fully saturated rings. The van der Waals surface area contributed by atoms with Crippen molar-refractivity contribution >= 4 is 11.8 Å². The van der Waals surface area contributed by atoms with Gasteiger partial charge in [0.15, 0.2) is 0 Å². The zero-order chi connectivity index (χ0) is 20.2. The first-order chi connectivity index (χ1) is 14.1. The van der Waals surface area contributed by atoms with Gasteiger partial charge in [-0.1, -0.05) is 43.2 Å². The Kier molecular flexibility index (Phi) is 5.98. The van der Waals surface area contributed by atoms with Crippen LogP contribution in [-0.4, -0.2) is 41.2 Å². The summed E-state index contributed by atoms with van der Waals surface area (Å²) in [5.41, 5.74) is 2.48. The lowest BCUT2D eigenvalue weighted by molar-refractivity contribution is 0.0390. The van der Waals surface area contributed by atoms with Crippen LogP contribution in [-0.2, 0) is 6.54 Å². The highest BCUT2D eigenvalue weighted by Gasteiger charge is 2.35. The minimum Gasteiger partial charge on any atom is -0.337 e. The third-order valence-corrected chi connectivity index (χ3v) is 6.49. The summed E-state index contributed by atoms with van der Waals surface area (Å²) in [5.74, 6) is 0.864. The molecule has 2 unspecified atom stereocenters. The summed E-state index contributed by atoms with van der Waals surface area (Å²) in [5, 5.41) is 0. The molecule has 1 saturated carbocycles. The average molecular weight is 391 g/mol. The monoisotopic (exact) mass is 390 g/mol. The molecule has 1 saturated heterocycles. The molecule has 0 bridgehead atoms. The van der Waals surface area contributed by atoms with Crippen molar-refractivity contribution in [2.75, 3.05) is 13.6 Å². The van der Waals surface area contributed by atoms with Gasteiger partial charge in [-0.2, -0.15) is 0 Å². The zero-order valence-corrected chi connectivity index (χ0v) is 17.2. The molecular weight excluding hydrogens is 360 g/mol. The van der Waals surface area contributed by atoms with Crippen LogP contribution < -0.4 is 0 Å². The highest BCUT2D eigenvalue weighted by atomic mass is 16.2. The summed E-state index contributed by atoms with van der Waals surface area (Å²) in [7, 11) is 1.81. The lowest BCUT2D eigenvalue weighted by Gasteiger charge is -2.44. The molecule has 29 heavy (non-hydrogen) atoms. The Labute approximate surface area is 173 Å². The van der Waals surface area contributed by atoms with Crippen molar-refractivity contribution in [2.45, 2.75) is 51.1 Å². The largest absolute Gasteiger partial charge is 0.337 e. The van der Waals surface area contributed by atoms with Gasteiger partial charge in [-0.3, -0.25) is 9.59 Å². The third kappa shape index (κ3) is 4.36. The molecule has 4 nitrogen and oxygen atoms in total. The van der Waals surface area contributed by atoms with Gasteiger partial charge in [-0.05, 0) is 61.4 Å². The molecule has 2 amide bonds. The van der Waals surface area contributed by atoms with E-state index in [0.29, 0.717) is 24.1 Å². The van der Waals surface area contributed by atoms with Crippen molar-refractivity contribution in [3.05, 3.63) is 71.3 Å². The maximum Gasteiger partial charge on any atom is 0.254 e. The molecule has 0 radical (unpaired) electrons. The topological polar surface area (TPSA) is 40.6 Å². The molecule has 0 spiro atoms. The van der Waals surface area contributed by atoms with E-state index in [0.717, 1.165) is 30.5 Å². The SMILES string of the molecule is CN(Cc1ccc(C(=O)N2CCCC3CCCCC32)cc1)C(=O)c1ccccc1. The van der Waals surface area contributed by atoms with E-state index in [9.17, 15) is 9.59 Å². The summed E-state index contributed by atoms with van der Waals surface area (Å²) in [6.45, 7) is 1.41. The predicted molar refractivity (Wildman–Crippen MR) is 115 cm³/mol. The predicted octanol–water partition coefficient (Wildman–Crippen LogP) is 4.75. The maximum atomic E-state index is 13.1. The van der Waals surface area contributed by atoms with Crippen LogP contribution in [0, 0.1) is 5.92 Å². The number of piperidine rings is 1. The first-order valence-corrected chi connectivity index (χ1v) is 10.8. The van der Waals surface area contributed by atoms with Crippen LogP contribution >= 0.6 is 0 Å². The zero-order valence-electron chi connectivity index (χ0n) is 17.2. The highest BCUT2D eigenvalue weighted by Crippen LogP contribution is 2.35. The number of fused-ring (bicyclic) bond motifs is 1. The summed E-state index contributed by atoms with van der Waals surface area (Å²) in [6, 6.07) is 17.5. The number of carbonyl (C=O) groups excluding carboxylic acids is 2. The average Bonchev–Trinajstić information content (AvgIpc) is 2.78. The van der Waals surface area contributed by atoms with E-state index >= 15 is 0 Å². The number of benzene rings is 2. The van der Waals surface area contributed by atoms with Crippen LogP contribution in [0.15, 0.2) is 54.6 Å². The van der Waals surface area contributed by atoms with Gasteiger partial charge < -0.3 is 9.80 Å². The number of likely N-dealkylation sites (tertiary alicyclic amines) is 1. The van der Waals surface area contributed by atoms with Crippen LogP contribution in [0.2, 0.25) is 0 Å². The van der Waals surface area contributed by atoms with E-state index in [-0.39, 0.29) is 11.8 Å². The van der Waals surface area contributed by atoms with Gasteiger partial charge in [0, 0.05) is 37.3 Å². The van der Waals surface area contributed by atoms with Crippen molar-refractivity contribution in [2.24, 2.45) is 5.92 Å². The van der Waals surface area contributed by atoms with Crippen molar-refractivity contribution in [1.82, 2.24) is 9.80 Å². The Morgan fingerprint density at radius 2 is 1.59 bits per heavy atom. The van der Waals surface area contributed by atoms with Crippen molar-refractivity contribution in [1.29, 1.82) is 0 Å². The Morgan fingerprint density at radius 1 is 0.897 bits per heavy atom. The van der Waals surface area contributed by atoms with Crippen molar-refractivity contribution < 1.29 is 9.59 Å². The number of carbonyl (C=O) groups is 2. The van der Waals surface area contributed by atoms with Crippen molar-refractivity contribution in [3.8, 4) is 0 Å². The molecule has 0 N–H and O–H groups in total. The van der Waals surface area contributed by atoms with Gasteiger partial charge in [-0.25, -0.2) is 0 Å². The first-order valence-electron chi connectivity index (χ1n) is 10.8. The molecule has 1 aliphatic carbocycles. The number of hydrogen-bond acceptors (Lipinski definition) is 2. The molecule has 4 rings (SSSR count).